The predicted molar refractivity (Wildman–Crippen MR) is 85.0 cm³/mol. The van der Waals surface area contributed by atoms with Crippen LogP contribution in [0.5, 0.6) is 0 Å². The van der Waals surface area contributed by atoms with Crippen LogP contribution < -0.4 is 5.32 Å². The van der Waals surface area contributed by atoms with Crippen molar-refractivity contribution in [1.29, 1.82) is 0 Å². The first-order valence-corrected chi connectivity index (χ1v) is 8.15. The highest BCUT2D eigenvalue weighted by atomic mass is 79.9. The molecule has 1 atom stereocenters. The quantitative estimate of drug-likeness (QED) is 0.832. The molecule has 1 aromatic heterocycles. The molecule has 1 N–H and O–H groups in total. The fourth-order valence-electron chi connectivity index (χ4n) is 2.77. The van der Waals surface area contributed by atoms with Gasteiger partial charge in [0.25, 0.3) is 0 Å². The third-order valence-electron chi connectivity index (χ3n) is 4.13. The van der Waals surface area contributed by atoms with E-state index in [2.05, 4.69) is 52.4 Å². The minimum Gasteiger partial charge on any atom is -0.452 e. The molecule has 1 aromatic carbocycles. The van der Waals surface area contributed by atoms with Crippen LogP contribution in [-0.2, 0) is 0 Å². The number of nitrogens with one attached hydrogen (secondary N) is 1. The third kappa shape index (κ3) is 2.84. The predicted octanol–water partition coefficient (Wildman–Crippen LogP) is 5.01. The zero-order valence-corrected chi connectivity index (χ0v) is 13.3. The van der Waals surface area contributed by atoms with Gasteiger partial charge in [0, 0.05) is 0 Å². The highest BCUT2D eigenvalue weighted by Crippen LogP contribution is 2.37. The van der Waals surface area contributed by atoms with Crippen LogP contribution in [0.15, 0.2) is 45.5 Å². The van der Waals surface area contributed by atoms with Crippen molar-refractivity contribution in [2.75, 3.05) is 6.54 Å². The summed E-state index contributed by atoms with van der Waals surface area (Å²) in [6.07, 6.45) is 4.08. The highest BCUT2D eigenvalue weighted by Gasteiger charge is 2.21. The van der Waals surface area contributed by atoms with E-state index in [0.717, 1.165) is 22.9 Å². The Kier molecular flexibility index (Phi) is 4.27. The van der Waals surface area contributed by atoms with E-state index < -0.39 is 0 Å². The van der Waals surface area contributed by atoms with Gasteiger partial charge in [-0.2, -0.15) is 0 Å². The molecule has 3 rings (SSSR count). The first kappa shape index (κ1) is 13.9. The fourth-order valence-corrected chi connectivity index (χ4v) is 3.09. The number of furan rings is 1. The molecule has 0 aliphatic heterocycles. The maximum absolute atomic E-state index is 5.72. The number of hydrogen-bond donors (Lipinski definition) is 1. The average Bonchev–Trinajstić information content (AvgIpc) is 2.82. The van der Waals surface area contributed by atoms with Crippen LogP contribution in [0.1, 0.15) is 55.0 Å². The summed E-state index contributed by atoms with van der Waals surface area (Å²) in [6, 6.07) is 13.1. The van der Waals surface area contributed by atoms with Gasteiger partial charge in [-0.15, -0.1) is 0 Å². The Morgan fingerprint density at radius 2 is 1.95 bits per heavy atom. The molecule has 1 fully saturated rings. The Balaban J connectivity index is 1.83. The van der Waals surface area contributed by atoms with E-state index in [4.69, 9.17) is 4.42 Å². The lowest BCUT2D eigenvalue weighted by atomic mass is 9.80. The monoisotopic (exact) mass is 333 g/mol. The van der Waals surface area contributed by atoms with Crippen LogP contribution in [0, 0.1) is 0 Å². The standard InChI is InChI=1S/C17H20BrNO/c1-2-19-17(15-10-11-16(18)20-15)14-8-6-13(7-9-14)12-4-3-5-12/h6-12,17,19H,2-5H2,1H3. The van der Waals surface area contributed by atoms with E-state index in [1.807, 2.05) is 12.1 Å². The maximum Gasteiger partial charge on any atom is 0.169 e. The van der Waals surface area contributed by atoms with Gasteiger partial charge in [-0.25, -0.2) is 0 Å². The van der Waals surface area contributed by atoms with Crippen LogP contribution >= 0.6 is 15.9 Å². The smallest absolute Gasteiger partial charge is 0.169 e. The number of halogens is 1. The number of hydrogen-bond acceptors (Lipinski definition) is 2. The number of benzene rings is 1. The van der Waals surface area contributed by atoms with Gasteiger partial charge in [-0.05, 0) is 64.5 Å². The second-order valence-corrected chi connectivity index (χ2v) is 6.21. The average molecular weight is 334 g/mol. The summed E-state index contributed by atoms with van der Waals surface area (Å²) in [5, 5.41) is 3.49. The summed E-state index contributed by atoms with van der Waals surface area (Å²) in [4.78, 5) is 0. The van der Waals surface area contributed by atoms with Crippen molar-refractivity contribution in [2.24, 2.45) is 0 Å². The van der Waals surface area contributed by atoms with Crippen molar-refractivity contribution in [1.82, 2.24) is 5.32 Å². The zero-order chi connectivity index (χ0) is 13.9. The molecule has 0 amide bonds. The van der Waals surface area contributed by atoms with Crippen molar-refractivity contribution in [3.05, 3.63) is 58.0 Å². The summed E-state index contributed by atoms with van der Waals surface area (Å²) in [6.45, 7) is 3.03. The second kappa shape index (κ2) is 6.15. The van der Waals surface area contributed by atoms with E-state index in [-0.39, 0.29) is 6.04 Å². The molecule has 0 bridgehead atoms. The molecule has 1 aliphatic rings. The van der Waals surface area contributed by atoms with Gasteiger partial charge in [0.05, 0.1) is 6.04 Å². The van der Waals surface area contributed by atoms with Crippen LogP contribution in [0.3, 0.4) is 0 Å². The first-order valence-electron chi connectivity index (χ1n) is 7.36. The van der Waals surface area contributed by atoms with E-state index in [1.165, 1.54) is 30.4 Å². The molecule has 3 heteroatoms. The summed E-state index contributed by atoms with van der Waals surface area (Å²) < 4.78 is 6.50. The number of rotatable bonds is 5. The zero-order valence-electron chi connectivity index (χ0n) is 11.7. The first-order chi connectivity index (χ1) is 9.78. The molecule has 0 saturated heterocycles. The largest absolute Gasteiger partial charge is 0.452 e. The second-order valence-electron chi connectivity index (χ2n) is 5.43. The van der Waals surface area contributed by atoms with Crippen LogP contribution in [0.25, 0.3) is 0 Å². The molecule has 0 radical (unpaired) electrons. The van der Waals surface area contributed by atoms with Gasteiger partial charge in [0.1, 0.15) is 5.76 Å². The molecule has 1 saturated carbocycles. The van der Waals surface area contributed by atoms with Gasteiger partial charge >= 0.3 is 0 Å². The van der Waals surface area contributed by atoms with Gasteiger partial charge in [0.15, 0.2) is 4.67 Å². The summed E-state index contributed by atoms with van der Waals surface area (Å²) in [5.74, 6) is 1.74. The van der Waals surface area contributed by atoms with Crippen molar-refractivity contribution < 1.29 is 4.42 Å². The topological polar surface area (TPSA) is 25.2 Å². The SMILES string of the molecule is CCNC(c1ccc(C2CCC2)cc1)c1ccc(Br)o1. The highest BCUT2D eigenvalue weighted by molar-refractivity contribution is 9.10. The van der Waals surface area contributed by atoms with Crippen molar-refractivity contribution >= 4 is 15.9 Å². The molecule has 106 valence electrons. The van der Waals surface area contributed by atoms with Gasteiger partial charge in [0.2, 0.25) is 0 Å². The lowest BCUT2D eigenvalue weighted by Crippen LogP contribution is -2.21. The van der Waals surface area contributed by atoms with Crippen LogP contribution in [-0.4, -0.2) is 6.54 Å². The third-order valence-corrected chi connectivity index (χ3v) is 4.56. The van der Waals surface area contributed by atoms with Crippen LogP contribution in [0.2, 0.25) is 0 Å². The van der Waals surface area contributed by atoms with E-state index in [0.29, 0.717) is 0 Å². The fraction of sp³-hybridized carbons (Fsp3) is 0.412. The van der Waals surface area contributed by atoms with E-state index in [1.54, 1.807) is 0 Å². The Hall–Kier alpha value is -1.06. The van der Waals surface area contributed by atoms with E-state index in [9.17, 15) is 0 Å². The maximum atomic E-state index is 5.72. The molecule has 1 aliphatic carbocycles. The Morgan fingerprint density at radius 1 is 1.20 bits per heavy atom. The van der Waals surface area contributed by atoms with Gasteiger partial charge < -0.3 is 9.73 Å². The Labute approximate surface area is 128 Å². The Bertz CT molecular complexity index is 557. The minimum absolute atomic E-state index is 0.127. The molecule has 20 heavy (non-hydrogen) atoms. The lowest BCUT2D eigenvalue weighted by molar-refractivity contribution is 0.419. The van der Waals surface area contributed by atoms with Crippen molar-refractivity contribution in [2.45, 2.75) is 38.1 Å². The summed E-state index contributed by atoms with van der Waals surface area (Å²) >= 11 is 3.38. The van der Waals surface area contributed by atoms with Crippen molar-refractivity contribution in [3.8, 4) is 0 Å². The lowest BCUT2D eigenvalue weighted by Gasteiger charge is -2.26. The van der Waals surface area contributed by atoms with E-state index >= 15 is 0 Å². The summed E-state index contributed by atoms with van der Waals surface area (Å²) in [7, 11) is 0. The summed E-state index contributed by atoms with van der Waals surface area (Å²) in [5.41, 5.74) is 2.74. The molecular formula is C17H20BrNO. The molecule has 1 unspecified atom stereocenters. The molecular weight excluding hydrogens is 314 g/mol. The molecule has 2 nitrogen and oxygen atoms in total. The minimum atomic E-state index is 0.127. The van der Waals surface area contributed by atoms with Gasteiger partial charge in [-0.1, -0.05) is 37.6 Å². The molecule has 0 spiro atoms. The normalized spacial score (nSPS) is 16.9. The van der Waals surface area contributed by atoms with Crippen LogP contribution in [0.4, 0.5) is 0 Å². The molecule has 1 heterocycles. The van der Waals surface area contributed by atoms with Crippen molar-refractivity contribution in [3.63, 3.8) is 0 Å². The Morgan fingerprint density at radius 3 is 2.45 bits per heavy atom. The van der Waals surface area contributed by atoms with Gasteiger partial charge in [-0.3, -0.25) is 0 Å². The molecule has 2 aromatic rings.